The molecular formula is C20H12F3N3O2S. The van der Waals surface area contributed by atoms with Gasteiger partial charge in [0.1, 0.15) is 17.1 Å². The molecule has 146 valence electrons. The molecule has 9 heteroatoms. The van der Waals surface area contributed by atoms with Crippen LogP contribution in [0.25, 0.3) is 21.9 Å². The smallest absolute Gasteiger partial charge is 0.416 e. The molecule has 5 nitrogen and oxygen atoms in total. The number of halogens is 3. The fourth-order valence-corrected chi connectivity index (χ4v) is 3.44. The van der Waals surface area contributed by atoms with Gasteiger partial charge in [-0.3, -0.25) is 0 Å². The Hall–Kier alpha value is -3.56. The fraction of sp³-hybridized carbons (Fsp3) is 0.150. The van der Waals surface area contributed by atoms with Crippen molar-refractivity contribution in [1.82, 2.24) is 4.98 Å². The number of alkyl halides is 3. The zero-order valence-corrected chi connectivity index (χ0v) is 15.8. The molecular weight excluding hydrogens is 403 g/mol. The zero-order valence-electron chi connectivity index (χ0n) is 14.9. The second kappa shape index (κ2) is 8.21. The summed E-state index contributed by atoms with van der Waals surface area (Å²) in [6.07, 6.45) is -2.91. The number of ether oxygens (including phenoxy) is 2. The number of methoxy groups -OCH3 is 1. The highest BCUT2D eigenvalue weighted by Gasteiger charge is 2.30. The van der Waals surface area contributed by atoms with Gasteiger partial charge in [-0.15, -0.1) is 11.3 Å². The van der Waals surface area contributed by atoms with Crippen molar-refractivity contribution in [3.8, 4) is 23.6 Å². The first-order chi connectivity index (χ1) is 13.9. The van der Waals surface area contributed by atoms with Gasteiger partial charge in [-0.2, -0.15) is 23.7 Å². The van der Waals surface area contributed by atoms with Crippen molar-refractivity contribution in [2.75, 3.05) is 13.7 Å². The van der Waals surface area contributed by atoms with E-state index in [0.29, 0.717) is 26.8 Å². The summed E-state index contributed by atoms with van der Waals surface area (Å²) in [4.78, 5) is 4.19. The number of hydrogen-bond acceptors (Lipinski definition) is 6. The summed E-state index contributed by atoms with van der Waals surface area (Å²) in [5, 5.41) is 18.4. The molecule has 2 aromatic carbocycles. The third kappa shape index (κ3) is 4.48. The van der Waals surface area contributed by atoms with Gasteiger partial charge in [0.15, 0.2) is 18.1 Å². The highest BCUT2D eigenvalue weighted by molar-refractivity contribution is 7.19. The third-order valence-corrected chi connectivity index (χ3v) is 4.93. The summed E-state index contributed by atoms with van der Waals surface area (Å²) in [6.45, 7) is -0.138. The SMILES string of the molecule is COc1cc(/C=C(\C#N)c2nc3cc(C(F)(F)F)ccc3s2)ccc1OCC#N. The minimum Gasteiger partial charge on any atom is -0.493 e. The molecule has 0 atom stereocenters. The lowest BCUT2D eigenvalue weighted by molar-refractivity contribution is -0.137. The number of hydrogen-bond donors (Lipinski definition) is 0. The summed E-state index contributed by atoms with van der Waals surface area (Å²) < 4.78 is 49.7. The molecule has 0 saturated heterocycles. The van der Waals surface area contributed by atoms with Gasteiger partial charge in [0.25, 0.3) is 0 Å². The molecule has 3 aromatic rings. The second-order valence-electron chi connectivity index (χ2n) is 5.73. The fourth-order valence-electron chi connectivity index (χ4n) is 2.53. The molecule has 1 aromatic heterocycles. The monoisotopic (exact) mass is 415 g/mol. The van der Waals surface area contributed by atoms with Crippen molar-refractivity contribution >= 4 is 33.2 Å². The molecule has 0 aliphatic heterocycles. The van der Waals surface area contributed by atoms with Gasteiger partial charge >= 0.3 is 6.18 Å². The quantitative estimate of drug-likeness (QED) is 0.529. The summed E-state index contributed by atoms with van der Waals surface area (Å²) >= 11 is 1.13. The Morgan fingerprint density at radius 2 is 1.97 bits per heavy atom. The number of nitriles is 2. The predicted molar refractivity (Wildman–Crippen MR) is 102 cm³/mol. The minimum atomic E-state index is -4.46. The molecule has 0 bridgehead atoms. The highest BCUT2D eigenvalue weighted by Crippen LogP contribution is 2.35. The maximum atomic E-state index is 12.9. The van der Waals surface area contributed by atoms with E-state index >= 15 is 0 Å². The van der Waals surface area contributed by atoms with E-state index < -0.39 is 11.7 Å². The molecule has 0 aliphatic carbocycles. The van der Waals surface area contributed by atoms with Crippen molar-refractivity contribution < 1.29 is 22.6 Å². The van der Waals surface area contributed by atoms with Gasteiger partial charge in [-0.1, -0.05) is 6.07 Å². The molecule has 3 rings (SSSR count). The molecule has 0 amide bonds. The minimum absolute atomic E-state index is 0.138. The lowest BCUT2D eigenvalue weighted by Gasteiger charge is -2.09. The normalized spacial score (nSPS) is 11.7. The van der Waals surface area contributed by atoms with Crippen LogP contribution in [0.2, 0.25) is 0 Å². The summed E-state index contributed by atoms with van der Waals surface area (Å²) in [5.41, 5.74) is 0.200. The van der Waals surface area contributed by atoms with Gasteiger partial charge in [0.05, 0.1) is 28.5 Å². The maximum Gasteiger partial charge on any atom is 0.416 e. The number of fused-ring (bicyclic) bond motifs is 1. The average Bonchev–Trinajstić information content (AvgIpc) is 3.13. The lowest BCUT2D eigenvalue weighted by atomic mass is 10.1. The third-order valence-electron chi connectivity index (χ3n) is 3.86. The Balaban J connectivity index is 1.98. The Bertz CT molecular complexity index is 1170. The number of aromatic nitrogens is 1. The molecule has 0 radical (unpaired) electrons. The Labute approximate surface area is 167 Å². The van der Waals surface area contributed by atoms with E-state index in [9.17, 15) is 18.4 Å². The summed E-state index contributed by atoms with van der Waals surface area (Å²) in [5.74, 6) is 0.759. The van der Waals surface area contributed by atoms with E-state index in [1.54, 1.807) is 24.3 Å². The van der Waals surface area contributed by atoms with Crippen LogP contribution in [0.3, 0.4) is 0 Å². The maximum absolute atomic E-state index is 12.9. The predicted octanol–water partition coefficient (Wildman–Crippen LogP) is 5.29. The number of allylic oxidation sites excluding steroid dienone is 1. The Kier molecular flexibility index (Phi) is 5.71. The molecule has 0 spiro atoms. The van der Waals surface area contributed by atoms with Crippen molar-refractivity contribution in [3.05, 3.63) is 52.5 Å². The molecule has 0 saturated carbocycles. The van der Waals surface area contributed by atoms with E-state index in [1.165, 1.54) is 13.2 Å². The Morgan fingerprint density at radius 3 is 2.62 bits per heavy atom. The van der Waals surface area contributed by atoms with Crippen LogP contribution in [0.4, 0.5) is 13.2 Å². The van der Waals surface area contributed by atoms with Crippen LogP contribution < -0.4 is 9.47 Å². The molecule has 1 heterocycles. The van der Waals surface area contributed by atoms with Gasteiger partial charge in [-0.25, -0.2) is 4.98 Å². The summed E-state index contributed by atoms with van der Waals surface area (Å²) in [6, 6.07) is 12.1. The highest BCUT2D eigenvalue weighted by atomic mass is 32.1. The van der Waals surface area contributed by atoms with Crippen molar-refractivity contribution in [2.45, 2.75) is 6.18 Å². The first-order valence-electron chi connectivity index (χ1n) is 8.13. The van der Waals surface area contributed by atoms with Gasteiger partial charge in [0.2, 0.25) is 0 Å². The van der Waals surface area contributed by atoms with Crippen molar-refractivity contribution in [1.29, 1.82) is 10.5 Å². The molecule has 0 fully saturated rings. The van der Waals surface area contributed by atoms with E-state index in [1.807, 2.05) is 12.1 Å². The average molecular weight is 415 g/mol. The van der Waals surface area contributed by atoms with Crippen LogP contribution in [0.5, 0.6) is 11.5 Å². The first kappa shape index (κ1) is 20.2. The van der Waals surface area contributed by atoms with E-state index in [2.05, 4.69) is 4.98 Å². The van der Waals surface area contributed by atoms with Crippen molar-refractivity contribution in [2.24, 2.45) is 0 Å². The number of benzene rings is 2. The van der Waals surface area contributed by atoms with Crippen LogP contribution in [0, 0.1) is 22.7 Å². The van der Waals surface area contributed by atoms with E-state index in [0.717, 1.165) is 23.5 Å². The van der Waals surface area contributed by atoms with Crippen LogP contribution in [0.1, 0.15) is 16.1 Å². The Morgan fingerprint density at radius 1 is 1.17 bits per heavy atom. The number of rotatable bonds is 5. The summed E-state index contributed by atoms with van der Waals surface area (Å²) in [7, 11) is 1.44. The molecule has 0 aliphatic rings. The topological polar surface area (TPSA) is 78.9 Å². The van der Waals surface area contributed by atoms with Crippen LogP contribution in [0.15, 0.2) is 36.4 Å². The van der Waals surface area contributed by atoms with E-state index in [-0.39, 0.29) is 17.7 Å². The van der Waals surface area contributed by atoms with E-state index in [4.69, 9.17) is 14.7 Å². The largest absolute Gasteiger partial charge is 0.493 e. The van der Waals surface area contributed by atoms with Gasteiger partial charge in [0, 0.05) is 0 Å². The second-order valence-corrected chi connectivity index (χ2v) is 6.76. The van der Waals surface area contributed by atoms with Crippen LogP contribution >= 0.6 is 11.3 Å². The molecule has 0 N–H and O–H groups in total. The molecule has 29 heavy (non-hydrogen) atoms. The molecule has 0 unspecified atom stereocenters. The van der Waals surface area contributed by atoms with Gasteiger partial charge in [-0.05, 0) is 42.0 Å². The van der Waals surface area contributed by atoms with Crippen LogP contribution in [-0.2, 0) is 6.18 Å². The number of thiazole rings is 1. The van der Waals surface area contributed by atoms with Crippen LogP contribution in [-0.4, -0.2) is 18.7 Å². The zero-order chi connectivity index (χ0) is 21.0. The first-order valence-corrected chi connectivity index (χ1v) is 8.95. The lowest BCUT2D eigenvalue weighted by Crippen LogP contribution is -2.03. The van der Waals surface area contributed by atoms with Crippen molar-refractivity contribution in [3.63, 3.8) is 0 Å². The number of nitrogens with zero attached hydrogens (tertiary/aromatic N) is 3. The van der Waals surface area contributed by atoms with Gasteiger partial charge < -0.3 is 9.47 Å². The standard InChI is InChI=1S/C20H12F3N3O2S/c1-27-17-9-12(2-4-16(17)28-7-6-24)8-13(11-25)19-26-15-10-14(20(21,22)23)3-5-18(15)29-19/h2-5,8-10H,7H2,1H3/b13-8+.